The largest absolute Gasteiger partial charge is 0.478 e. The van der Waals surface area contributed by atoms with Crippen molar-refractivity contribution >= 4 is 5.97 Å². The molecule has 0 fully saturated rings. The molecule has 0 amide bonds. The van der Waals surface area contributed by atoms with E-state index in [9.17, 15) is 31.1 Å². The van der Waals surface area contributed by atoms with Gasteiger partial charge in [0.1, 0.15) is 18.0 Å². The van der Waals surface area contributed by atoms with Gasteiger partial charge in [-0.15, -0.1) is 0 Å². The first-order valence-corrected chi connectivity index (χ1v) is 5.31. The smallest absolute Gasteiger partial charge is 0.434 e. The highest BCUT2D eigenvalue weighted by Gasteiger charge is 2.38. The average molecular weight is 318 g/mol. The summed E-state index contributed by atoms with van der Waals surface area (Å²) < 4.78 is 77.3. The van der Waals surface area contributed by atoms with E-state index in [1.54, 1.807) is 0 Å². The fourth-order valence-electron chi connectivity index (χ4n) is 1.26. The minimum absolute atomic E-state index is 0.418. The van der Waals surface area contributed by atoms with Crippen LogP contribution in [0.25, 0.3) is 0 Å². The van der Waals surface area contributed by atoms with Gasteiger partial charge >= 0.3 is 18.3 Å². The van der Waals surface area contributed by atoms with Crippen molar-refractivity contribution in [2.24, 2.45) is 0 Å². The molecule has 0 aromatic carbocycles. The molecule has 1 rings (SSSR count). The lowest BCUT2D eigenvalue weighted by atomic mass is 10.2. The Morgan fingerprint density at radius 1 is 1.24 bits per heavy atom. The van der Waals surface area contributed by atoms with Crippen molar-refractivity contribution in [3.8, 4) is 0 Å². The van der Waals surface area contributed by atoms with Gasteiger partial charge in [0, 0.05) is 12.6 Å². The number of nitrogens with zero attached hydrogens (tertiary/aromatic N) is 2. The Balaban J connectivity index is 2.80. The number of alkyl halides is 6. The maximum Gasteiger partial charge on any atom is 0.434 e. The predicted molar refractivity (Wildman–Crippen MR) is 54.6 cm³/mol. The van der Waals surface area contributed by atoms with Crippen molar-refractivity contribution in [2.45, 2.75) is 18.8 Å². The zero-order chi connectivity index (χ0) is 16.3. The molecule has 0 saturated carbocycles. The van der Waals surface area contributed by atoms with Gasteiger partial charge in [-0.05, 0) is 0 Å². The lowest BCUT2D eigenvalue weighted by Gasteiger charge is -2.11. The Morgan fingerprint density at radius 3 is 2.33 bits per heavy atom. The number of aromatic carboxylic acids is 1. The summed E-state index contributed by atoms with van der Waals surface area (Å²) in [4.78, 5) is 17.0. The van der Waals surface area contributed by atoms with E-state index in [0.717, 1.165) is 0 Å². The van der Waals surface area contributed by atoms with E-state index in [0.29, 0.717) is 6.20 Å². The summed E-state index contributed by atoms with van der Waals surface area (Å²) in [7, 11) is 0. The highest BCUT2D eigenvalue weighted by molar-refractivity contribution is 5.88. The molecule has 1 aromatic rings. The molecular weight excluding hydrogens is 310 g/mol. The van der Waals surface area contributed by atoms with E-state index in [2.05, 4.69) is 14.7 Å². The molecule has 1 N–H and O–H groups in total. The lowest BCUT2D eigenvalue weighted by Crippen LogP contribution is -2.20. The number of rotatable bonds is 5. The van der Waals surface area contributed by atoms with Gasteiger partial charge in [0.2, 0.25) is 0 Å². The van der Waals surface area contributed by atoms with E-state index >= 15 is 0 Å². The third-order valence-corrected chi connectivity index (χ3v) is 2.07. The number of hydrogen-bond acceptors (Lipinski definition) is 4. The monoisotopic (exact) mass is 318 g/mol. The molecule has 118 valence electrons. The lowest BCUT2D eigenvalue weighted by molar-refractivity contribution is -0.173. The van der Waals surface area contributed by atoms with Crippen LogP contribution < -0.4 is 0 Å². The quantitative estimate of drug-likeness (QED) is 0.666. The van der Waals surface area contributed by atoms with Gasteiger partial charge in [-0.3, -0.25) is 0 Å². The molecule has 0 aliphatic rings. The molecule has 0 radical (unpaired) electrons. The van der Waals surface area contributed by atoms with Gasteiger partial charge < -0.3 is 9.84 Å². The first kappa shape index (κ1) is 17.1. The second-order valence-corrected chi connectivity index (χ2v) is 3.77. The first-order chi connectivity index (χ1) is 9.50. The van der Waals surface area contributed by atoms with Crippen molar-refractivity contribution in [2.75, 3.05) is 13.2 Å². The average Bonchev–Trinajstić information content (AvgIpc) is 2.32. The summed E-state index contributed by atoms with van der Waals surface area (Å²) in [6, 6.07) is 0. The molecule has 5 nitrogen and oxygen atoms in total. The van der Waals surface area contributed by atoms with Crippen LogP contribution in [0.1, 0.15) is 21.9 Å². The first-order valence-electron chi connectivity index (χ1n) is 5.31. The summed E-state index contributed by atoms with van der Waals surface area (Å²) in [6.45, 7) is -2.10. The molecule has 0 atom stereocenters. The zero-order valence-corrected chi connectivity index (χ0v) is 10.1. The van der Waals surface area contributed by atoms with Gasteiger partial charge in [0.05, 0.1) is 6.61 Å². The standard InChI is InChI=1S/C10H8F6N2O3/c11-9(12,13)4-21-2-1-6-17-3-5(8(19)20)7(18-6)10(14,15)16/h3H,1-2,4H2,(H,19,20). The molecule has 11 heteroatoms. The van der Waals surface area contributed by atoms with E-state index < -0.39 is 55.0 Å². The molecule has 1 heterocycles. The van der Waals surface area contributed by atoms with Crippen LogP contribution in [-0.2, 0) is 17.3 Å². The van der Waals surface area contributed by atoms with Gasteiger partial charge in [0.15, 0.2) is 5.69 Å². The van der Waals surface area contributed by atoms with Crippen LogP contribution in [0.2, 0.25) is 0 Å². The van der Waals surface area contributed by atoms with E-state index in [-0.39, 0.29) is 0 Å². The third-order valence-electron chi connectivity index (χ3n) is 2.07. The second-order valence-electron chi connectivity index (χ2n) is 3.77. The number of halogens is 6. The fourth-order valence-corrected chi connectivity index (χ4v) is 1.26. The molecule has 21 heavy (non-hydrogen) atoms. The van der Waals surface area contributed by atoms with Crippen LogP contribution in [0.3, 0.4) is 0 Å². The number of ether oxygens (including phenoxy) is 1. The maximum absolute atomic E-state index is 12.6. The van der Waals surface area contributed by atoms with Crippen molar-refractivity contribution in [3.63, 3.8) is 0 Å². The van der Waals surface area contributed by atoms with Crippen LogP contribution >= 0.6 is 0 Å². The summed E-state index contributed by atoms with van der Waals surface area (Å²) in [5.41, 5.74) is -2.79. The van der Waals surface area contributed by atoms with E-state index in [4.69, 9.17) is 5.11 Å². The topological polar surface area (TPSA) is 72.3 Å². The Hall–Kier alpha value is -1.91. The zero-order valence-electron chi connectivity index (χ0n) is 10.1. The summed E-state index contributed by atoms with van der Waals surface area (Å²) in [5, 5.41) is 8.59. The summed E-state index contributed by atoms with van der Waals surface area (Å²) in [5.74, 6) is -2.32. The second kappa shape index (κ2) is 6.24. The van der Waals surface area contributed by atoms with Crippen molar-refractivity contribution in [1.82, 2.24) is 9.97 Å². The van der Waals surface area contributed by atoms with Crippen molar-refractivity contribution < 1.29 is 41.0 Å². The number of hydrogen-bond donors (Lipinski definition) is 1. The van der Waals surface area contributed by atoms with E-state index in [1.807, 2.05) is 0 Å². The fraction of sp³-hybridized carbons (Fsp3) is 0.500. The normalized spacial score (nSPS) is 12.5. The van der Waals surface area contributed by atoms with Crippen LogP contribution in [0, 0.1) is 0 Å². The molecule has 0 saturated heterocycles. The minimum Gasteiger partial charge on any atom is -0.478 e. The van der Waals surface area contributed by atoms with Crippen LogP contribution in [0.15, 0.2) is 6.20 Å². The third kappa shape index (κ3) is 5.53. The Bertz CT molecular complexity index is 514. The molecule has 0 aliphatic carbocycles. The number of carbonyl (C=O) groups is 1. The SMILES string of the molecule is O=C(O)c1cnc(CCOCC(F)(F)F)nc1C(F)(F)F. The highest BCUT2D eigenvalue weighted by atomic mass is 19.4. The molecule has 0 spiro atoms. The maximum atomic E-state index is 12.6. The Labute approximate surface area is 113 Å². The predicted octanol–water partition coefficient (Wildman–Crippen LogP) is 2.32. The number of aromatic nitrogens is 2. The van der Waals surface area contributed by atoms with Gasteiger partial charge in [0.25, 0.3) is 0 Å². The van der Waals surface area contributed by atoms with Gasteiger partial charge in [-0.2, -0.15) is 26.3 Å². The van der Waals surface area contributed by atoms with Crippen LogP contribution in [-0.4, -0.2) is 40.4 Å². The molecular formula is C10H8F6N2O3. The molecule has 0 unspecified atom stereocenters. The van der Waals surface area contributed by atoms with Crippen molar-refractivity contribution in [1.29, 1.82) is 0 Å². The molecule has 1 aromatic heterocycles. The summed E-state index contributed by atoms with van der Waals surface area (Å²) >= 11 is 0. The van der Waals surface area contributed by atoms with Crippen LogP contribution in [0.5, 0.6) is 0 Å². The van der Waals surface area contributed by atoms with E-state index in [1.165, 1.54) is 0 Å². The molecule has 0 aliphatic heterocycles. The van der Waals surface area contributed by atoms with Gasteiger partial charge in [-0.25, -0.2) is 14.8 Å². The highest BCUT2D eigenvalue weighted by Crippen LogP contribution is 2.30. The van der Waals surface area contributed by atoms with Crippen LogP contribution in [0.4, 0.5) is 26.3 Å². The Morgan fingerprint density at radius 2 is 1.86 bits per heavy atom. The Kier molecular flexibility index (Phi) is 5.10. The number of carboxylic acids is 1. The minimum atomic E-state index is -5.02. The molecule has 0 bridgehead atoms. The summed E-state index contributed by atoms with van der Waals surface area (Å²) in [6.07, 6.45) is -9.53. The number of carboxylic acid groups (broad SMARTS) is 1. The van der Waals surface area contributed by atoms with Gasteiger partial charge in [-0.1, -0.05) is 0 Å². The van der Waals surface area contributed by atoms with Crippen molar-refractivity contribution in [3.05, 3.63) is 23.3 Å².